The van der Waals surface area contributed by atoms with E-state index in [1.54, 1.807) is 11.3 Å². The van der Waals surface area contributed by atoms with E-state index in [1.165, 1.54) is 12.0 Å². The Morgan fingerprint density at radius 2 is 2.29 bits per heavy atom. The van der Waals surface area contributed by atoms with Crippen LogP contribution in [0.1, 0.15) is 32.0 Å². The quantitative estimate of drug-likeness (QED) is 0.892. The lowest BCUT2D eigenvalue weighted by Crippen LogP contribution is -2.32. The molecule has 3 rings (SSSR count). The van der Waals surface area contributed by atoms with Gasteiger partial charge in [-0.15, -0.1) is 0 Å². The van der Waals surface area contributed by atoms with Crippen LogP contribution < -0.4 is 5.32 Å². The minimum absolute atomic E-state index is 0.0473. The first kappa shape index (κ1) is 11.2. The molecule has 1 N–H and O–H groups in total. The molecule has 1 aromatic heterocycles. The lowest BCUT2D eigenvalue weighted by atomic mass is 10.2. The van der Waals surface area contributed by atoms with Gasteiger partial charge in [0.2, 0.25) is 5.91 Å². The highest BCUT2D eigenvalue weighted by Gasteiger charge is 2.42. The summed E-state index contributed by atoms with van der Waals surface area (Å²) >= 11 is 1.69. The SMILES string of the molecule is CC1NC(c2ccsc2)N(CC2CC2C)C1=O. The first-order valence-corrected chi connectivity index (χ1v) is 7.19. The molecule has 3 nitrogen and oxygen atoms in total. The molecule has 4 unspecified atom stereocenters. The molecule has 1 amide bonds. The number of rotatable bonds is 3. The predicted molar refractivity (Wildman–Crippen MR) is 68.6 cm³/mol. The summed E-state index contributed by atoms with van der Waals surface area (Å²) in [6.45, 7) is 5.14. The Kier molecular flexibility index (Phi) is 2.71. The van der Waals surface area contributed by atoms with Crippen LogP contribution in [0.25, 0.3) is 0 Å². The van der Waals surface area contributed by atoms with Gasteiger partial charge in [0.15, 0.2) is 0 Å². The first-order chi connectivity index (χ1) is 8.16. The fraction of sp³-hybridized carbons (Fsp3) is 0.615. The maximum atomic E-state index is 12.1. The van der Waals surface area contributed by atoms with Crippen molar-refractivity contribution in [2.24, 2.45) is 11.8 Å². The first-order valence-electron chi connectivity index (χ1n) is 6.25. The number of nitrogens with one attached hydrogen (secondary N) is 1. The van der Waals surface area contributed by atoms with Gasteiger partial charge < -0.3 is 4.90 Å². The van der Waals surface area contributed by atoms with Crippen molar-refractivity contribution in [1.82, 2.24) is 10.2 Å². The molecule has 0 radical (unpaired) electrons. The van der Waals surface area contributed by atoms with Crippen molar-refractivity contribution in [2.75, 3.05) is 6.54 Å². The third-order valence-corrected chi connectivity index (χ3v) is 4.64. The number of thiophene rings is 1. The summed E-state index contributed by atoms with van der Waals surface area (Å²) in [6.07, 6.45) is 1.37. The number of carbonyl (C=O) groups is 1. The van der Waals surface area contributed by atoms with Crippen LogP contribution in [0.15, 0.2) is 16.8 Å². The van der Waals surface area contributed by atoms with Crippen molar-refractivity contribution in [3.63, 3.8) is 0 Å². The molecule has 2 fully saturated rings. The van der Waals surface area contributed by atoms with E-state index in [0.717, 1.165) is 12.5 Å². The topological polar surface area (TPSA) is 32.3 Å². The summed E-state index contributed by atoms with van der Waals surface area (Å²) in [5, 5.41) is 7.59. The van der Waals surface area contributed by atoms with E-state index < -0.39 is 0 Å². The van der Waals surface area contributed by atoms with Crippen LogP contribution in [0.5, 0.6) is 0 Å². The molecular weight excluding hydrogens is 232 g/mol. The number of nitrogens with zero attached hydrogens (tertiary/aromatic N) is 1. The van der Waals surface area contributed by atoms with Crippen molar-refractivity contribution >= 4 is 17.2 Å². The van der Waals surface area contributed by atoms with Crippen LogP contribution in [-0.2, 0) is 4.79 Å². The summed E-state index contributed by atoms with van der Waals surface area (Å²) in [5.74, 6) is 1.76. The second-order valence-corrected chi connectivity index (χ2v) is 6.09. The highest BCUT2D eigenvalue weighted by atomic mass is 32.1. The Balaban J connectivity index is 1.79. The van der Waals surface area contributed by atoms with E-state index in [1.807, 2.05) is 11.8 Å². The average molecular weight is 250 g/mol. The minimum atomic E-state index is -0.0473. The third kappa shape index (κ3) is 2.00. The summed E-state index contributed by atoms with van der Waals surface area (Å²) < 4.78 is 0. The van der Waals surface area contributed by atoms with E-state index in [2.05, 4.69) is 29.1 Å². The molecule has 1 aliphatic carbocycles. The molecular formula is C13H18N2OS. The van der Waals surface area contributed by atoms with Gasteiger partial charge in [-0.3, -0.25) is 10.1 Å². The van der Waals surface area contributed by atoms with Crippen molar-refractivity contribution in [1.29, 1.82) is 0 Å². The van der Waals surface area contributed by atoms with Crippen molar-refractivity contribution in [3.8, 4) is 0 Å². The van der Waals surface area contributed by atoms with Gasteiger partial charge >= 0.3 is 0 Å². The Labute approximate surface area is 106 Å². The zero-order valence-corrected chi connectivity index (χ0v) is 11.0. The van der Waals surface area contributed by atoms with Gasteiger partial charge in [-0.1, -0.05) is 6.92 Å². The summed E-state index contributed by atoms with van der Waals surface area (Å²) in [4.78, 5) is 14.2. The van der Waals surface area contributed by atoms with E-state index in [-0.39, 0.29) is 18.1 Å². The van der Waals surface area contributed by atoms with Crippen LogP contribution >= 0.6 is 11.3 Å². The molecule has 4 atom stereocenters. The van der Waals surface area contributed by atoms with E-state index >= 15 is 0 Å². The second kappa shape index (κ2) is 4.10. The van der Waals surface area contributed by atoms with Gasteiger partial charge in [-0.05, 0) is 47.6 Å². The van der Waals surface area contributed by atoms with Crippen LogP contribution in [0, 0.1) is 11.8 Å². The highest BCUT2D eigenvalue weighted by Crippen LogP contribution is 2.40. The van der Waals surface area contributed by atoms with Gasteiger partial charge in [-0.2, -0.15) is 11.3 Å². The van der Waals surface area contributed by atoms with Crippen LogP contribution in [0.4, 0.5) is 0 Å². The zero-order chi connectivity index (χ0) is 12.0. The summed E-state index contributed by atoms with van der Waals surface area (Å²) in [6, 6.07) is 2.06. The Hall–Kier alpha value is -0.870. The predicted octanol–water partition coefficient (Wildman–Crippen LogP) is 2.22. The number of hydrogen-bond donors (Lipinski definition) is 1. The maximum Gasteiger partial charge on any atom is 0.241 e. The van der Waals surface area contributed by atoms with Crippen LogP contribution in [0.3, 0.4) is 0 Å². The smallest absolute Gasteiger partial charge is 0.241 e. The standard InChI is InChI=1S/C13H18N2OS/c1-8-5-11(8)6-15-12(10-3-4-17-7-10)14-9(2)13(15)16/h3-4,7-9,11-12,14H,5-6H2,1-2H3. The zero-order valence-electron chi connectivity index (χ0n) is 10.2. The lowest BCUT2D eigenvalue weighted by molar-refractivity contribution is -0.130. The van der Waals surface area contributed by atoms with Gasteiger partial charge in [0.25, 0.3) is 0 Å². The highest BCUT2D eigenvalue weighted by molar-refractivity contribution is 7.07. The number of amides is 1. The molecule has 2 aliphatic rings. The van der Waals surface area contributed by atoms with Gasteiger partial charge in [0.05, 0.1) is 6.04 Å². The van der Waals surface area contributed by atoms with Gasteiger partial charge in [-0.25, -0.2) is 0 Å². The van der Waals surface area contributed by atoms with E-state index in [0.29, 0.717) is 5.92 Å². The largest absolute Gasteiger partial charge is 0.321 e. The molecule has 2 heterocycles. The molecule has 17 heavy (non-hydrogen) atoms. The van der Waals surface area contributed by atoms with Crippen LogP contribution in [-0.4, -0.2) is 23.4 Å². The summed E-state index contributed by atoms with van der Waals surface area (Å²) in [7, 11) is 0. The van der Waals surface area contributed by atoms with Crippen molar-refractivity contribution in [3.05, 3.63) is 22.4 Å². The summed E-state index contributed by atoms with van der Waals surface area (Å²) in [5.41, 5.74) is 1.22. The van der Waals surface area contributed by atoms with E-state index in [4.69, 9.17) is 0 Å². The monoisotopic (exact) mass is 250 g/mol. The fourth-order valence-electron chi connectivity index (χ4n) is 2.58. The Bertz CT molecular complexity index is 417. The van der Waals surface area contributed by atoms with Gasteiger partial charge in [0, 0.05) is 6.54 Å². The Morgan fingerprint density at radius 1 is 1.53 bits per heavy atom. The molecule has 92 valence electrons. The molecule has 0 aromatic carbocycles. The van der Waals surface area contributed by atoms with E-state index in [9.17, 15) is 4.79 Å². The molecule has 1 saturated carbocycles. The lowest BCUT2D eigenvalue weighted by Gasteiger charge is -2.23. The van der Waals surface area contributed by atoms with Crippen molar-refractivity contribution < 1.29 is 4.79 Å². The minimum Gasteiger partial charge on any atom is -0.321 e. The second-order valence-electron chi connectivity index (χ2n) is 5.31. The number of hydrogen-bond acceptors (Lipinski definition) is 3. The third-order valence-electron chi connectivity index (χ3n) is 3.94. The Morgan fingerprint density at radius 3 is 2.88 bits per heavy atom. The molecule has 0 spiro atoms. The normalized spacial score (nSPS) is 36.6. The molecule has 1 aliphatic heterocycles. The molecule has 1 aromatic rings. The van der Waals surface area contributed by atoms with Crippen LogP contribution in [0.2, 0.25) is 0 Å². The van der Waals surface area contributed by atoms with Gasteiger partial charge in [0.1, 0.15) is 6.17 Å². The average Bonchev–Trinajstić information content (AvgIpc) is 2.74. The molecule has 4 heteroatoms. The number of carbonyl (C=O) groups excluding carboxylic acids is 1. The maximum absolute atomic E-state index is 12.1. The fourth-order valence-corrected chi connectivity index (χ4v) is 3.26. The van der Waals surface area contributed by atoms with Crippen molar-refractivity contribution in [2.45, 2.75) is 32.5 Å². The molecule has 0 bridgehead atoms. The molecule has 1 saturated heterocycles.